The first-order valence-electron chi connectivity index (χ1n) is 8.02. The standard InChI is InChI=1S/C18H15FN4O3/c1-26-14-8-6-13(7-9-14)23-17(24)15-16(18(23)25)22(21-20-15)10-11-2-4-12(19)5-3-11/h2-9,15-16H,10H2,1H3/t15-,16+/m0/s1. The molecule has 2 atom stereocenters. The van der Waals surface area contributed by atoms with Gasteiger partial charge in [-0.2, -0.15) is 5.11 Å². The van der Waals surface area contributed by atoms with Gasteiger partial charge in [-0.3, -0.25) is 14.6 Å². The molecular weight excluding hydrogens is 339 g/mol. The molecule has 2 heterocycles. The van der Waals surface area contributed by atoms with Crippen LogP contribution in [0.15, 0.2) is 58.9 Å². The predicted octanol–water partition coefficient (Wildman–Crippen LogP) is 2.33. The van der Waals surface area contributed by atoms with Crippen LogP contribution in [0.4, 0.5) is 10.1 Å². The number of amides is 2. The highest BCUT2D eigenvalue weighted by molar-refractivity contribution is 6.25. The number of methoxy groups -OCH3 is 1. The van der Waals surface area contributed by atoms with Crippen LogP contribution in [0.5, 0.6) is 5.75 Å². The highest BCUT2D eigenvalue weighted by atomic mass is 19.1. The maximum absolute atomic E-state index is 13.1. The van der Waals surface area contributed by atoms with Gasteiger partial charge in [-0.25, -0.2) is 9.29 Å². The van der Waals surface area contributed by atoms with Gasteiger partial charge in [-0.05, 0) is 42.0 Å². The van der Waals surface area contributed by atoms with Gasteiger partial charge in [0, 0.05) is 0 Å². The van der Waals surface area contributed by atoms with Crippen LogP contribution in [-0.2, 0) is 16.1 Å². The molecule has 0 aromatic heterocycles. The molecule has 1 saturated heterocycles. The largest absolute Gasteiger partial charge is 0.497 e. The Balaban J connectivity index is 1.57. The van der Waals surface area contributed by atoms with E-state index in [1.54, 1.807) is 43.5 Å². The summed E-state index contributed by atoms with van der Waals surface area (Å²) in [5, 5.41) is 9.42. The third-order valence-electron chi connectivity index (χ3n) is 4.45. The van der Waals surface area contributed by atoms with E-state index >= 15 is 0 Å². The van der Waals surface area contributed by atoms with Gasteiger partial charge >= 0.3 is 0 Å². The number of benzene rings is 2. The Morgan fingerprint density at radius 1 is 1.04 bits per heavy atom. The van der Waals surface area contributed by atoms with E-state index < -0.39 is 18.0 Å². The smallest absolute Gasteiger partial charge is 0.263 e. The average molecular weight is 354 g/mol. The van der Waals surface area contributed by atoms with E-state index in [9.17, 15) is 14.0 Å². The Morgan fingerprint density at radius 3 is 2.38 bits per heavy atom. The minimum atomic E-state index is -0.856. The van der Waals surface area contributed by atoms with Gasteiger partial charge in [-0.1, -0.05) is 17.4 Å². The monoisotopic (exact) mass is 354 g/mol. The molecule has 0 radical (unpaired) electrons. The van der Waals surface area contributed by atoms with E-state index in [1.807, 2.05) is 0 Å². The summed E-state index contributed by atoms with van der Waals surface area (Å²) in [5.41, 5.74) is 1.24. The summed E-state index contributed by atoms with van der Waals surface area (Å²) in [6.45, 7) is 0.264. The molecule has 2 aliphatic heterocycles. The summed E-state index contributed by atoms with van der Waals surface area (Å²) in [5.74, 6) is -0.494. The average Bonchev–Trinajstić information content (AvgIpc) is 3.17. The highest BCUT2D eigenvalue weighted by Crippen LogP contribution is 2.33. The first-order chi connectivity index (χ1) is 12.6. The molecule has 0 aliphatic carbocycles. The van der Waals surface area contributed by atoms with E-state index in [0.717, 1.165) is 10.5 Å². The van der Waals surface area contributed by atoms with Crippen molar-refractivity contribution >= 4 is 17.5 Å². The minimum absolute atomic E-state index is 0.264. The van der Waals surface area contributed by atoms with Crippen molar-refractivity contribution in [2.45, 2.75) is 18.6 Å². The van der Waals surface area contributed by atoms with E-state index in [4.69, 9.17) is 4.74 Å². The van der Waals surface area contributed by atoms with E-state index in [2.05, 4.69) is 10.3 Å². The van der Waals surface area contributed by atoms with Gasteiger partial charge in [0.15, 0.2) is 12.1 Å². The maximum atomic E-state index is 13.1. The molecule has 7 nitrogen and oxygen atoms in total. The van der Waals surface area contributed by atoms with Crippen LogP contribution in [0.3, 0.4) is 0 Å². The molecule has 0 bridgehead atoms. The Labute approximate surface area is 148 Å². The Hall–Kier alpha value is -3.29. The molecule has 2 aromatic carbocycles. The highest BCUT2D eigenvalue weighted by Gasteiger charge is 2.54. The second-order valence-corrected chi connectivity index (χ2v) is 6.03. The molecule has 0 unspecified atom stereocenters. The summed E-state index contributed by atoms with van der Waals surface area (Å²) in [7, 11) is 1.54. The van der Waals surface area contributed by atoms with Crippen LogP contribution >= 0.6 is 0 Å². The Morgan fingerprint density at radius 2 is 1.73 bits per heavy atom. The molecule has 1 fully saturated rings. The number of hydrogen-bond acceptors (Lipinski definition) is 6. The fraction of sp³-hybridized carbons (Fsp3) is 0.222. The molecule has 8 heteroatoms. The third-order valence-corrected chi connectivity index (χ3v) is 4.45. The molecule has 0 N–H and O–H groups in total. The zero-order chi connectivity index (χ0) is 18.3. The van der Waals surface area contributed by atoms with Crippen molar-refractivity contribution in [2.24, 2.45) is 10.3 Å². The van der Waals surface area contributed by atoms with Crippen LogP contribution in [0, 0.1) is 5.82 Å². The van der Waals surface area contributed by atoms with Crippen molar-refractivity contribution in [3.8, 4) is 5.75 Å². The predicted molar refractivity (Wildman–Crippen MR) is 89.9 cm³/mol. The number of nitrogens with zero attached hydrogens (tertiary/aromatic N) is 4. The van der Waals surface area contributed by atoms with E-state index in [1.165, 1.54) is 17.1 Å². The van der Waals surface area contributed by atoms with Crippen molar-refractivity contribution in [1.29, 1.82) is 0 Å². The van der Waals surface area contributed by atoms with Crippen LogP contribution < -0.4 is 9.64 Å². The second kappa shape index (κ2) is 6.21. The first-order valence-corrected chi connectivity index (χ1v) is 8.02. The summed E-state index contributed by atoms with van der Waals surface area (Å²) >= 11 is 0. The summed E-state index contributed by atoms with van der Waals surface area (Å²) in [4.78, 5) is 26.6. The quantitative estimate of drug-likeness (QED) is 0.790. The van der Waals surface area contributed by atoms with Gasteiger partial charge in [0.05, 0.1) is 19.3 Å². The Kier molecular flexibility index (Phi) is 3.87. The number of halogens is 1. The summed E-state index contributed by atoms with van der Waals surface area (Å²) in [6.07, 6.45) is 0. The number of hydrogen-bond donors (Lipinski definition) is 0. The van der Waals surface area contributed by atoms with Crippen molar-refractivity contribution in [3.63, 3.8) is 0 Å². The number of fused-ring (bicyclic) bond motifs is 1. The normalized spacial score (nSPS) is 21.5. The van der Waals surface area contributed by atoms with Crippen molar-refractivity contribution < 1.29 is 18.7 Å². The van der Waals surface area contributed by atoms with E-state index in [0.29, 0.717) is 11.4 Å². The minimum Gasteiger partial charge on any atom is -0.497 e. The fourth-order valence-corrected chi connectivity index (χ4v) is 3.12. The second-order valence-electron chi connectivity index (χ2n) is 6.03. The van der Waals surface area contributed by atoms with Crippen LogP contribution in [0.25, 0.3) is 0 Å². The van der Waals surface area contributed by atoms with Crippen LogP contribution in [-0.4, -0.2) is 36.0 Å². The lowest BCUT2D eigenvalue weighted by Gasteiger charge is -2.20. The SMILES string of the molecule is COc1ccc(N2C(=O)[C@H]3N=NN(Cc4ccc(F)cc4)[C@H]3C2=O)cc1. The lowest BCUT2D eigenvalue weighted by Crippen LogP contribution is -2.39. The Bertz CT molecular complexity index is 882. The van der Waals surface area contributed by atoms with Gasteiger partial charge in [0.2, 0.25) is 0 Å². The van der Waals surface area contributed by atoms with Gasteiger partial charge in [-0.15, -0.1) is 0 Å². The molecule has 2 aliphatic rings. The molecule has 0 spiro atoms. The van der Waals surface area contributed by atoms with E-state index in [-0.39, 0.29) is 18.3 Å². The zero-order valence-electron chi connectivity index (χ0n) is 13.9. The third kappa shape index (κ3) is 2.59. The van der Waals surface area contributed by atoms with Crippen molar-refractivity contribution in [1.82, 2.24) is 5.01 Å². The van der Waals surface area contributed by atoms with Crippen LogP contribution in [0.1, 0.15) is 5.56 Å². The number of anilines is 1. The number of rotatable bonds is 4. The molecule has 2 aromatic rings. The lowest BCUT2D eigenvalue weighted by atomic mass is 10.1. The molecule has 2 amide bonds. The maximum Gasteiger partial charge on any atom is 0.263 e. The summed E-state index contributed by atoms with van der Waals surface area (Å²) < 4.78 is 18.1. The first kappa shape index (κ1) is 16.2. The van der Waals surface area contributed by atoms with Crippen molar-refractivity contribution in [2.75, 3.05) is 12.0 Å². The molecule has 4 rings (SSSR count). The van der Waals surface area contributed by atoms with Gasteiger partial charge in [0.25, 0.3) is 11.8 Å². The van der Waals surface area contributed by atoms with Crippen molar-refractivity contribution in [3.05, 3.63) is 59.9 Å². The molecule has 26 heavy (non-hydrogen) atoms. The molecule has 132 valence electrons. The molecule has 0 saturated carbocycles. The number of carbonyl (C=O) groups is 2. The lowest BCUT2D eigenvalue weighted by molar-refractivity contribution is -0.123. The molecular formula is C18H15FN4O3. The van der Waals surface area contributed by atoms with Gasteiger partial charge < -0.3 is 4.74 Å². The number of carbonyl (C=O) groups excluding carboxylic acids is 2. The topological polar surface area (TPSA) is 74.6 Å². The van der Waals surface area contributed by atoms with Crippen LogP contribution in [0.2, 0.25) is 0 Å². The summed E-state index contributed by atoms with van der Waals surface area (Å²) in [6, 6.07) is 10.9. The fourth-order valence-electron chi connectivity index (χ4n) is 3.12. The number of imide groups is 1. The zero-order valence-corrected chi connectivity index (χ0v) is 13.9. The number of ether oxygens (including phenoxy) is 1. The van der Waals surface area contributed by atoms with Gasteiger partial charge in [0.1, 0.15) is 11.6 Å².